The molecule has 0 heterocycles. The molecule has 0 N–H and O–H groups in total. The minimum Gasteiger partial charge on any atom is -0.465 e. The summed E-state index contributed by atoms with van der Waals surface area (Å²) in [5.41, 5.74) is 1.19. The Kier molecular flexibility index (Phi) is 8.39. The second-order valence-corrected chi connectivity index (χ2v) is 6.50. The van der Waals surface area contributed by atoms with Gasteiger partial charge in [-0.2, -0.15) is 0 Å². The van der Waals surface area contributed by atoms with E-state index in [9.17, 15) is 9.59 Å². The van der Waals surface area contributed by atoms with E-state index in [0.717, 1.165) is 7.14 Å². The number of methoxy groups -OCH3 is 2. The van der Waals surface area contributed by atoms with E-state index in [0.29, 0.717) is 11.1 Å². The molecule has 0 aliphatic carbocycles. The Morgan fingerprint density at radius 3 is 1.41 bits per heavy atom. The topological polar surface area (TPSA) is 52.6 Å². The number of hydrogen-bond acceptors (Lipinski definition) is 4. The van der Waals surface area contributed by atoms with E-state index in [1.54, 1.807) is 24.3 Å². The smallest absolute Gasteiger partial charge is 0.337 e. The van der Waals surface area contributed by atoms with Crippen molar-refractivity contribution in [1.29, 1.82) is 0 Å². The fourth-order valence-corrected chi connectivity index (χ4v) is 2.55. The molecule has 22 heavy (non-hydrogen) atoms. The molecule has 0 radical (unpaired) electrons. The van der Waals surface area contributed by atoms with Crippen LogP contribution in [-0.4, -0.2) is 26.2 Å². The zero-order chi connectivity index (χ0) is 16.5. The van der Waals surface area contributed by atoms with Crippen LogP contribution in [0.3, 0.4) is 0 Å². The van der Waals surface area contributed by atoms with E-state index >= 15 is 0 Å². The van der Waals surface area contributed by atoms with Gasteiger partial charge in [0.2, 0.25) is 0 Å². The van der Waals surface area contributed by atoms with Gasteiger partial charge in [0.05, 0.1) is 25.3 Å². The van der Waals surface area contributed by atoms with Crippen LogP contribution >= 0.6 is 45.2 Å². The predicted molar refractivity (Wildman–Crippen MR) is 101 cm³/mol. The Balaban J connectivity index is 0.000000220. The number of rotatable bonds is 2. The van der Waals surface area contributed by atoms with Crippen molar-refractivity contribution in [2.45, 2.75) is 0 Å². The molecule has 0 aliphatic heterocycles. The van der Waals surface area contributed by atoms with E-state index < -0.39 is 0 Å². The molecule has 2 rings (SSSR count). The summed E-state index contributed by atoms with van der Waals surface area (Å²) in [6.07, 6.45) is 0. The van der Waals surface area contributed by atoms with Crippen molar-refractivity contribution in [1.82, 2.24) is 0 Å². The number of benzene rings is 2. The zero-order valence-corrected chi connectivity index (χ0v) is 16.3. The first-order valence-electron chi connectivity index (χ1n) is 6.15. The quantitative estimate of drug-likeness (QED) is 0.438. The molecule has 0 atom stereocenters. The van der Waals surface area contributed by atoms with Crippen LogP contribution < -0.4 is 0 Å². The van der Waals surface area contributed by atoms with Crippen molar-refractivity contribution in [3.8, 4) is 0 Å². The number of carbonyl (C=O) groups excluding carboxylic acids is 2. The molecule has 116 valence electrons. The van der Waals surface area contributed by atoms with Crippen molar-refractivity contribution in [2.24, 2.45) is 0 Å². The summed E-state index contributed by atoms with van der Waals surface area (Å²) in [5.74, 6) is -0.577. The maximum absolute atomic E-state index is 10.9. The second-order valence-electron chi connectivity index (χ2n) is 4.00. The highest BCUT2D eigenvalue weighted by Gasteiger charge is 2.04. The highest BCUT2D eigenvalue weighted by molar-refractivity contribution is 14.1. The third kappa shape index (κ3) is 6.30. The molecule has 6 heteroatoms. The molecule has 0 saturated heterocycles. The Morgan fingerprint density at radius 1 is 0.773 bits per heavy atom. The third-order valence-electron chi connectivity index (χ3n) is 2.49. The van der Waals surface area contributed by atoms with Crippen LogP contribution in [0.5, 0.6) is 0 Å². The highest BCUT2D eigenvalue weighted by Crippen LogP contribution is 2.09. The maximum Gasteiger partial charge on any atom is 0.337 e. The third-order valence-corrected chi connectivity index (χ3v) is 3.83. The molecular weight excluding hydrogens is 510 g/mol. The first kappa shape index (κ1) is 18.9. The summed E-state index contributed by atoms with van der Waals surface area (Å²) in [6, 6.07) is 14.5. The lowest BCUT2D eigenvalue weighted by molar-refractivity contribution is 0.0591. The van der Waals surface area contributed by atoms with Crippen LogP contribution in [0.1, 0.15) is 20.7 Å². The lowest BCUT2D eigenvalue weighted by atomic mass is 10.2. The van der Waals surface area contributed by atoms with Gasteiger partial charge >= 0.3 is 11.9 Å². The minimum atomic E-state index is -0.288. The Morgan fingerprint density at radius 2 is 1.14 bits per heavy atom. The number of carbonyl (C=O) groups is 2. The van der Waals surface area contributed by atoms with Gasteiger partial charge < -0.3 is 9.47 Å². The van der Waals surface area contributed by atoms with Gasteiger partial charge in [0.25, 0.3) is 0 Å². The van der Waals surface area contributed by atoms with Gasteiger partial charge in [0.1, 0.15) is 0 Å². The Labute approximate surface area is 156 Å². The zero-order valence-electron chi connectivity index (χ0n) is 12.0. The molecule has 0 amide bonds. The Hall–Kier alpha value is -1.16. The summed E-state index contributed by atoms with van der Waals surface area (Å²) >= 11 is 4.29. The van der Waals surface area contributed by atoms with Gasteiger partial charge in [-0.1, -0.05) is 12.1 Å². The summed E-state index contributed by atoms with van der Waals surface area (Å²) in [6.45, 7) is 0. The number of hydrogen-bond donors (Lipinski definition) is 0. The summed E-state index contributed by atoms with van der Waals surface area (Å²) in [5, 5.41) is 0. The van der Waals surface area contributed by atoms with Crippen molar-refractivity contribution in [3.05, 3.63) is 66.8 Å². The van der Waals surface area contributed by atoms with Crippen LogP contribution in [0.25, 0.3) is 0 Å². The fraction of sp³-hybridized carbons (Fsp3) is 0.125. The van der Waals surface area contributed by atoms with Crippen molar-refractivity contribution in [2.75, 3.05) is 14.2 Å². The molecule has 0 aliphatic rings. The molecule has 0 bridgehead atoms. The first-order valence-corrected chi connectivity index (χ1v) is 8.31. The van der Waals surface area contributed by atoms with Crippen molar-refractivity contribution < 1.29 is 19.1 Å². The first-order chi connectivity index (χ1) is 10.5. The average Bonchev–Trinajstić information content (AvgIpc) is 2.54. The van der Waals surface area contributed by atoms with Crippen LogP contribution in [0, 0.1) is 7.14 Å². The van der Waals surface area contributed by atoms with Crippen LogP contribution in [0.4, 0.5) is 0 Å². The SMILES string of the molecule is COC(=O)c1cccc(I)c1.COC(=O)c1cccc(I)c1. The van der Waals surface area contributed by atoms with Gasteiger partial charge in [-0.15, -0.1) is 0 Å². The normalized spacial score (nSPS) is 9.27. The molecule has 0 unspecified atom stereocenters. The molecule has 0 aromatic heterocycles. The fourth-order valence-electron chi connectivity index (χ4n) is 1.47. The molecular formula is C16H14I2O4. The van der Waals surface area contributed by atoms with Gasteiger partial charge in [-0.05, 0) is 81.6 Å². The Bertz CT molecular complexity index is 599. The number of halogens is 2. The highest BCUT2D eigenvalue weighted by atomic mass is 127. The van der Waals surface area contributed by atoms with E-state index in [4.69, 9.17) is 0 Å². The summed E-state index contributed by atoms with van der Waals surface area (Å²) in [7, 11) is 2.75. The monoisotopic (exact) mass is 524 g/mol. The van der Waals surface area contributed by atoms with E-state index in [-0.39, 0.29) is 11.9 Å². The van der Waals surface area contributed by atoms with Gasteiger partial charge in [0, 0.05) is 7.14 Å². The minimum absolute atomic E-state index is 0.288. The van der Waals surface area contributed by atoms with Crippen molar-refractivity contribution >= 4 is 57.1 Å². The van der Waals surface area contributed by atoms with Crippen LogP contribution in [0.2, 0.25) is 0 Å². The largest absolute Gasteiger partial charge is 0.465 e. The predicted octanol–water partition coefficient (Wildman–Crippen LogP) is 4.16. The lowest BCUT2D eigenvalue weighted by Crippen LogP contribution is -2.00. The molecule has 0 saturated carbocycles. The molecule has 4 nitrogen and oxygen atoms in total. The molecule has 2 aromatic carbocycles. The standard InChI is InChI=1S/2C8H7IO2/c2*1-11-8(10)6-3-2-4-7(9)5-6/h2*2-5H,1H3. The molecule has 2 aromatic rings. The van der Waals surface area contributed by atoms with Crippen LogP contribution in [-0.2, 0) is 9.47 Å². The van der Waals surface area contributed by atoms with E-state index in [1.165, 1.54) is 14.2 Å². The summed E-state index contributed by atoms with van der Waals surface area (Å²) in [4.78, 5) is 21.9. The second kappa shape index (κ2) is 9.78. The summed E-state index contributed by atoms with van der Waals surface area (Å²) < 4.78 is 11.2. The van der Waals surface area contributed by atoms with Crippen molar-refractivity contribution in [3.63, 3.8) is 0 Å². The van der Waals surface area contributed by atoms with Gasteiger partial charge in [-0.25, -0.2) is 9.59 Å². The van der Waals surface area contributed by atoms with Crippen LogP contribution in [0.15, 0.2) is 48.5 Å². The lowest BCUT2D eigenvalue weighted by Gasteiger charge is -1.97. The molecule has 0 fully saturated rings. The van der Waals surface area contributed by atoms with Gasteiger partial charge in [0.15, 0.2) is 0 Å². The number of esters is 2. The average molecular weight is 524 g/mol. The maximum atomic E-state index is 10.9. The number of ether oxygens (including phenoxy) is 2. The van der Waals surface area contributed by atoms with E-state index in [1.807, 2.05) is 24.3 Å². The van der Waals surface area contributed by atoms with E-state index in [2.05, 4.69) is 54.7 Å². The molecule has 0 spiro atoms. The van der Waals surface area contributed by atoms with Gasteiger partial charge in [-0.3, -0.25) is 0 Å².